The highest BCUT2D eigenvalue weighted by molar-refractivity contribution is 5.29. The van der Waals surface area contributed by atoms with E-state index in [1.165, 1.54) is 0 Å². The third-order valence-electron chi connectivity index (χ3n) is 2.91. The zero-order valence-electron chi connectivity index (χ0n) is 10.6. The Hall–Kier alpha value is -1.06. The van der Waals surface area contributed by atoms with Crippen LogP contribution in [0.4, 0.5) is 0 Å². The smallest absolute Gasteiger partial charge is 0.115 e. The minimum absolute atomic E-state index is 0.326. The maximum absolute atomic E-state index is 9.44. The Morgan fingerprint density at radius 2 is 1.88 bits per heavy atom. The Morgan fingerprint density at radius 3 is 2.44 bits per heavy atom. The summed E-state index contributed by atoms with van der Waals surface area (Å²) in [5.74, 6) is 0.338. The van der Waals surface area contributed by atoms with Crippen molar-refractivity contribution in [3.63, 3.8) is 0 Å². The van der Waals surface area contributed by atoms with Crippen LogP contribution in [-0.4, -0.2) is 49.1 Å². The predicted molar refractivity (Wildman–Crippen MR) is 67.7 cm³/mol. The largest absolute Gasteiger partial charge is 0.508 e. The summed E-state index contributed by atoms with van der Waals surface area (Å²) in [5.41, 5.74) is 1.15. The molecule has 0 bridgehead atoms. The van der Waals surface area contributed by atoms with Gasteiger partial charge in [-0.1, -0.05) is 12.1 Å². The molecule has 90 valence electrons. The number of phenols is 1. The minimum atomic E-state index is 0.326. The van der Waals surface area contributed by atoms with Crippen molar-refractivity contribution in [2.75, 3.05) is 34.2 Å². The van der Waals surface area contributed by atoms with Gasteiger partial charge in [0.15, 0.2) is 0 Å². The Bertz CT molecular complexity index is 325. The van der Waals surface area contributed by atoms with Crippen LogP contribution in [-0.2, 0) is 0 Å². The second-order valence-electron chi connectivity index (χ2n) is 4.55. The number of phenolic OH excluding ortho intramolecular Hbond substituents is 1. The van der Waals surface area contributed by atoms with Crippen molar-refractivity contribution in [2.24, 2.45) is 0 Å². The standard InChI is InChI=1S/C13H22N2O/c1-11(15(4)9-8-14(2)3)12-6-5-7-13(16)10-12/h5-7,10-11,16H,8-9H2,1-4H3. The molecular weight excluding hydrogens is 200 g/mol. The van der Waals surface area contributed by atoms with E-state index in [0.717, 1.165) is 18.7 Å². The molecule has 0 saturated carbocycles. The molecule has 0 saturated heterocycles. The Labute approximate surface area is 98.3 Å². The molecule has 16 heavy (non-hydrogen) atoms. The minimum Gasteiger partial charge on any atom is -0.508 e. The van der Waals surface area contributed by atoms with Crippen molar-refractivity contribution in [1.29, 1.82) is 0 Å². The van der Waals surface area contributed by atoms with Gasteiger partial charge >= 0.3 is 0 Å². The van der Waals surface area contributed by atoms with E-state index in [9.17, 15) is 5.11 Å². The van der Waals surface area contributed by atoms with Gasteiger partial charge in [0.05, 0.1) is 0 Å². The number of benzene rings is 1. The Balaban J connectivity index is 2.59. The second kappa shape index (κ2) is 5.87. The van der Waals surface area contributed by atoms with Crippen molar-refractivity contribution >= 4 is 0 Å². The van der Waals surface area contributed by atoms with Gasteiger partial charge < -0.3 is 10.0 Å². The molecule has 1 unspecified atom stereocenters. The van der Waals surface area contributed by atoms with Crippen LogP contribution in [0.25, 0.3) is 0 Å². The lowest BCUT2D eigenvalue weighted by Gasteiger charge is -2.26. The summed E-state index contributed by atoms with van der Waals surface area (Å²) >= 11 is 0. The number of rotatable bonds is 5. The van der Waals surface area contributed by atoms with Crippen LogP contribution in [0.15, 0.2) is 24.3 Å². The summed E-state index contributed by atoms with van der Waals surface area (Å²) in [6.07, 6.45) is 0. The first-order valence-electron chi connectivity index (χ1n) is 5.64. The molecule has 1 aromatic rings. The molecule has 1 N–H and O–H groups in total. The Morgan fingerprint density at radius 1 is 1.19 bits per heavy atom. The van der Waals surface area contributed by atoms with Crippen molar-refractivity contribution in [3.05, 3.63) is 29.8 Å². The molecular formula is C13H22N2O. The number of hydrogen-bond acceptors (Lipinski definition) is 3. The molecule has 0 aromatic heterocycles. The average Bonchev–Trinajstić information content (AvgIpc) is 2.24. The normalized spacial score (nSPS) is 13.4. The van der Waals surface area contributed by atoms with Crippen LogP contribution in [0.2, 0.25) is 0 Å². The summed E-state index contributed by atoms with van der Waals surface area (Å²) in [6.45, 7) is 4.22. The molecule has 0 aliphatic heterocycles. The summed E-state index contributed by atoms with van der Waals surface area (Å²) in [4.78, 5) is 4.46. The highest BCUT2D eigenvalue weighted by Crippen LogP contribution is 2.21. The lowest BCUT2D eigenvalue weighted by atomic mass is 10.1. The van der Waals surface area contributed by atoms with Gasteiger partial charge in [0.2, 0.25) is 0 Å². The number of aromatic hydroxyl groups is 1. The topological polar surface area (TPSA) is 26.7 Å². The van der Waals surface area contributed by atoms with E-state index in [-0.39, 0.29) is 0 Å². The molecule has 1 aromatic carbocycles. The first-order chi connectivity index (χ1) is 7.50. The zero-order chi connectivity index (χ0) is 12.1. The molecule has 0 heterocycles. The summed E-state index contributed by atoms with van der Waals surface area (Å²) in [7, 11) is 6.26. The monoisotopic (exact) mass is 222 g/mol. The van der Waals surface area contributed by atoms with Gasteiger partial charge in [0.25, 0.3) is 0 Å². The molecule has 0 amide bonds. The molecule has 0 aliphatic rings. The SMILES string of the molecule is CC(c1cccc(O)c1)N(C)CCN(C)C. The molecule has 3 heteroatoms. The van der Waals surface area contributed by atoms with Crippen LogP contribution in [0.5, 0.6) is 5.75 Å². The van der Waals surface area contributed by atoms with Gasteiger partial charge in [-0.3, -0.25) is 4.90 Å². The summed E-state index contributed by atoms with van der Waals surface area (Å²) in [5, 5.41) is 9.44. The fourth-order valence-electron chi connectivity index (χ4n) is 1.59. The maximum atomic E-state index is 9.44. The van der Waals surface area contributed by atoms with Crippen LogP contribution in [0.1, 0.15) is 18.5 Å². The van der Waals surface area contributed by atoms with E-state index in [0.29, 0.717) is 11.8 Å². The first-order valence-corrected chi connectivity index (χ1v) is 5.64. The lowest BCUT2D eigenvalue weighted by molar-refractivity contribution is 0.231. The fourth-order valence-corrected chi connectivity index (χ4v) is 1.59. The highest BCUT2D eigenvalue weighted by Gasteiger charge is 2.11. The van der Waals surface area contributed by atoms with Gasteiger partial charge in [-0.25, -0.2) is 0 Å². The van der Waals surface area contributed by atoms with E-state index in [2.05, 4.69) is 43.9 Å². The highest BCUT2D eigenvalue weighted by atomic mass is 16.3. The second-order valence-corrected chi connectivity index (χ2v) is 4.55. The first kappa shape index (κ1) is 13.0. The molecule has 0 aliphatic carbocycles. The van der Waals surface area contributed by atoms with Crippen LogP contribution in [0.3, 0.4) is 0 Å². The fraction of sp³-hybridized carbons (Fsp3) is 0.538. The van der Waals surface area contributed by atoms with Gasteiger partial charge in [-0.2, -0.15) is 0 Å². The quantitative estimate of drug-likeness (QED) is 0.825. The van der Waals surface area contributed by atoms with E-state index in [4.69, 9.17) is 0 Å². The van der Waals surface area contributed by atoms with Gasteiger partial charge in [0, 0.05) is 19.1 Å². The molecule has 0 radical (unpaired) electrons. The third-order valence-corrected chi connectivity index (χ3v) is 2.91. The number of hydrogen-bond donors (Lipinski definition) is 1. The van der Waals surface area contributed by atoms with Crippen molar-refractivity contribution in [1.82, 2.24) is 9.80 Å². The molecule has 1 atom stereocenters. The van der Waals surface area contributed by atoms with Gasteiger partial charge in [-0.05, 0) is 45.8 Å². The summed E-state index contributed by atoms with van der Waals surface area (Å²) < 4.78 is 0. The van der Waals surface area contributed by atoms with E-state index in [1.54, 1.807) is 6.07 Å². The maximum Gasteiger partial charge on any atom is 0.115 e. The summed E-state index contributed by atoms with van der Waals surface area (Å²) in [6, 6.07) is 7.80. The molecule has 1 rings (SSSR count). The molecule has 3 nitrogen and oxygen atoms in total. The number of nitrogens with zero attached hydrogens (tertiary/aromatic N) is 2. The van der Waals surface area contributed by atoms with E-state index >= 15 is 0 Å². The molecule has 0 fully saturated rings. The van der Waals surface area contributed by atoms with Crippen LogP contribution in [0, 0.1) is 0 Å². The third kappa shape index (κ3) is 3.83. The van der Waals surface area contributed by atoms with Gasteiger partial charge in [-0.15, -0.1) is 0 Å². The molecule has 0 spiro atoms. The van der Waals surface area contributed by atoms with Crippen molar-refractivity contribution < 1.29 is 5.11 Å². The van der Waals surface area contributed by atoms with Crippen LogP contribution < -0.4 is 0 Å². The lowest BCUT2D eigenvalue weighted by Crippen LogP contribution is -2.30. The van der Waals surface area contributed by atoms with Crippen LogP contribution >= 0.6 is 0 Å². The van der Waals surface area contributed by atoms with Gasteiger partial charge in [0.1, 0.15) is 5.75 Å². The number of likely N-dealkylation sites (N-methyl/N-ethyl adjacent to an activating group) is 2. The Kier molecular flexibility index (Phi) is 4.77. The average molecular weight is 222 g/mol. The van der Waals surface area contributed by atoms with Crippen molar-refractivity contribution in [2.45, 2.75) is 13.0 Å². The van der Waals surface area contributed by atoms with E-state index < -0.39 is 0 Å². The van der Waals surface area contributed by atoms with Crippen molar-refractivity contribution in [3.8, 4) is 5.75 Å². The zero-order valence-corrected chi connectivity index (χ0v) is 10.6. The predicted octanol–water partition coefficient (Wildman–Crippen LogP) is 1.95. The van der Waals surface area contributed by atoms with E-state index in [1.807, 2.05) is 12.1 Å².